The predicted molar refractivity (Wildman–Crippen MR) is 79.5 cm³/mol. The lowest BCUT2D eigenvalue weighted by molar-refractivity contribution is -0.141. The summed E-state index contributed by atoms with van der Waals surface area (Å²) in [5, 5.41) is 5.31. The SMILES string of the molecule is CCC(Nc1ccccc1-c1cccs1)C(=O)OC. The Morgan fingerprint density at radius 3 is 2.74 bits per heavy atom. The molecule has 0 saturated heterocycles. The molecule has 0 aliphatic carbocycles. The second-order valence-electron chi connectivity index (χ2n) is 4.15. The maximum absolute atomic E-state index is 11.7. The van der Waals surface area contributed by atoms with E-state index in [0.717, 1.165) is 11.3 Å². The standard InChI is InChI=1S/C15H17NO2S/c1-3-12(15(17)18-2)16-13-8-5-4-7-11(13)14-9-6-10-19-14/h4-10,12,16H,3H2,1-2H3. The summed E-state index contributed by atoms with van der Waals surface area (Å²) in [7, 11) is 1.41. The lowest BCUT2D eigenvalue weighted by atomic mass is 10.1. The number of ether oxygens (including phenoxy) is 1. The van der Waals surface area contributed by atoms with E-state index in [2.05, 4.69) is 17.4 Å². The Labute approximate surface area is 117 Å². The summed E-state index contributed by atoms with van der Waals surface area (Å²) in [6.07, 6.45) is 0.686. The zero-order valence-corrected chi connectivity index (χ0v) is 11.9. The summed E-state index contributed by atoms with van der Waals surface area (Å²) in [6.45, 7) is 1.96. The van der Waals surface area contributed by atoms with Gasteiger partial charge < -0.3 is 10.1 Å². The molecule has 3 nitrogen and oxygen atoms in total. The highest BCUT2D eigenvalue weighted by Gasteiger charge is 2.18. The van der Waals surface area contributed by atoms with E-state index in [4.69, 9.17) is 4.74 Å². The average molecular weight is 275 g/mol. The van der Waals surface area contributed by atoms with Crippen molar-refractivity contribution in [2.75, 3.05) is 12.4 Å². The van der Waals surface area contributed by atoms with Crippen LogP contribution in [0.15, 0.2) is 41.8 Å². The van der Waals surface area contributed by atoms with Crippen molar-refractivity contribution < 1.29 is 9.53 Å². The lowest BCUT2D eigenvalue weighted by Gasteiger charge is -2.18. The van der Waals surface area contributed by atoms with Crippen LogP contribution in [-0.2, 0) is 9.53 Å². The topological polar surface area (TPSA) is 38.3 Å². The van der Waals surface area contributed by atoms with E-state index in [1.807, 2.05) is 36.6 Å². The first-order valence-corrected chi connectivity index (χ1v) is 7.11. The summed E-state index contributed by atoms with van der Waals surface area (Å²) in [4.78, 5) is 12.8. The number of nitrogens with one attached hydrogen (secondary N) is 1. The number of hydrogen-bond acceptors (Lipinski definition) is 4. The Kier molecular flexibility index (Phi) is 4.58. The van der Waals surface area contributed by atoms with Crippen molar-refractivity contribution in [2.24, 2.45) is 0 Å². The van der Waals surface area contributed by atoms with Crippen LogP contribution in [0.25, 0.3) is 10.4 Å². The Morgan fingerprint density at radius 2 is 2.11 bits per heavy atom. The summed E-state index contributed by atoms with van der Waals surface area (Å²) in [6, 6.07) is 11.8. The van der Waals surface area contributed by atoms with Gasteiger partial charge >= 0.3 is 5.97 Å². The highest BCUT2D eigenvalue weighted by atomic mass is 32.1. The first-order chi connectivity index (χ1) is 9.26. The molecule has 100 valence electrons. The fourth-order valence-corrected chi connectivity index (χ4v) is 2.68. The summed E-state index contributed by atoms with van der Waals surface area (Å²) >= 11 is 1.68. The number of thiophene rings is 1. The molecular weight excluding hydrogens is 258 g/mol. The van der Waals surface area contributed by atoms with Crippen molar-refractivity contribution in [1.82, 2.24) is 0 Å². The molecule has 0 bridgehead atoms. The van der Waals surface area contributed by atoms with E-state index in [1.165, 1.54) is 12.0 Å². The van der Waals surface area contributed by atoms with Crippen molar-refractivity contribution in [3.8, 4) is 10.4 Å². The normalized spacial score (nSPS) is 11.9. The summed E-state index contributed by atoms with van der Waals surface area (Å²) < 4.78 is 4.81. The molecule has 2 rings (SSSR count). The van der Waals surface area contributed by atoms with Crippen LogP contribution in [0, 0.1) is 0 Å². The monoisotopic (exact) mass is 275 g/mol. The van der Waals surface area contributed by atoms with Gasteiger partial charge in [-0.2, -0.15) is 0 Å². The molecule has 1 N–H and O–H groups in total. The van der Waals surface area contributed by atoms with Gasteiger partial charge in [-0.05, 0) is 23.9 Å². The molecule has 0 saturated carbocycles. The lowest BCUT2D eigenvalue weighted by Crippen LogP contribution is -2.30. The van der Waals surface area contributed by atoms with Crippen LogP contribution in [0.5, 0.6) is 0 Å². The van der Waals surface area contributed by atoms with E-state index in [1.54, 1.807) is 11.3 Å². The molecular formula is C15H17NO2S. The highest BCUT2D eigenvalue weighted by molar-refractivity contribution is 7.13. The van der Waals surface area contributed by atoms with Crippen LogP contribution in [0.1, 0.15) is 13.3 Å². The van der Waals surface area contributed by atoms with Crippen LogP contribution in [0.3, 0.4) is 0 Å². The third-order valence-corrected chi connectivity index (χ3v) is 3.84. The molecule has 0 amide bonds. The van der Waals surface area contributed by atoms with Gasteiger partial charge in [-0.25, -0.2) is 4.79 Å². The highest BCUT2D eigenvalue weighted by Crippen LogP contribution is 2.31. The zero-order chi connectivity index (χ0) is 13.7. The number of hydrogen-bond donors (Lipinski definition) is 1. The van der Waals surface area contributed by atoms with E-state index in [-0.39, 0.29) is 12.0 Å². The van der Waals surface area contributed by atoms with Crippen molar-refractivity contribution in [3.63, 3.8) is 0 Å². The Balaban J connectivity index is 2.28. The Hall–Kier alpha value is -1.81. The average Bonchev–Trinajstić information content (AvgIpc) is 2.98. The van der Waals surface area contributed by atoms with E-state index in [9.17, 15) is 4.79 Å². The smallest absolute Gasteiger partial charge is 0.328 e. The number of carbonyl (C=O) groups excluding carboxylic acids is 1. The minimum atomic E-state index is -0.314. The number of carbonyl (C=O) groups is 1. The molecule has 1 unspecified atom stereocenters. The third kappa shape index (κ3) is 3.15. The molecule has 1 aromatic heterocycles. The molecule has 2 aromatic rings. The van der Waals surface area contributed by atoms with Gasteiger partial charge in [0.1, 0.15) is 6.04 Å². The maximum atomic E-state index is 11.7. The molecule has 0 spiro atoms. The maximum Gasteiger partial charge on any atom is 0.328 e. The van der Waals surface area contributed by atoms with Gasteiger partial charge in [0.05, 0.1) is 7.11 Å². The van der Waals surface area contributed by atoms with Crippen molar-refractivity contribution in [2.45, 2.75) is 19.4 Å². The van der Waals surface area contributed by atoms with Gasteiger partial charge in [0, 0.05) is 16.1 Å². The minimum Gasteiger partial charge on any atom is -0.467 e. The molecule has 19 heavy (non-hydrogen) atoms. The van der Waals surface area contributed by atoms with Crippen LogP contribution in [0.2, 0.25) is 0 Å². The van der Waals surface area contributed by atoms with Gasteiger partial charge in [0.25, 0.3) is 0 Å². The van der Waals surface area contributed by atoms with E-state index in [0.29, 0.717) is 6.42 Å². The second kappa shape index (κ2) is 6.38. The molecule has 1 heterocycles. The zero-order valence-electron chi connectivity index (χ0n) is 11.1. The number of anilines is 1. The van der Waals surface area contributed by atoms with E-state index < -0.39 is 0 Å². The molecule has 4 heteroatoms. The quantitative estimate of drug-likeness (QED) is 0.844. The molecule has 1 atom stereocenters. The van der Waals surface area contributed by atoms with E-state index >= 15 is 0 Å². The largest absolute Gasteiger partial charge is 0.467 e. The van der Waals surface area contributed by atoms with Crippen molar-refractivity contribution >= 4 is 23.0 Å². The number of rotatable bonds is 5. The van der Waals surface area contributed by atoms with Gasteiger partial charge in [0.2, 0.25) is 0 Å². The number of esters is 1. The molecule has 0 aliphatic heterocycles. The summed E-state index contributed by atoms with van der Waals surface area (Å²) in [5.74, 6) is -0.233. The Bertz CT molecular complexity index is 537. The van der Waals surface area contributed by atoms with Crippen LogP contribution in [-0.4, -0.2) is 19.1 Å². The number of benzene rings is 1. The molecule has 0 aliphatic rings. The number of methoxy groups -OCH3 is 1. The minimum absolute atomic E-state index is 0.233. The predicted octanol–water partition coefficient (Wildman–Crippen LogP) is 3.78. The van der Waals surface area contributed by atoms with Crippen molar-refractivity contribution in [1.29, 1.82) is 0 Å². The van der Waals surface area contributed by atoms with Crippen LogP contribution >= 0.6 is 11.3 Å². The fourth-order valence-electron chi connectivity index (χ4n) is 1.91. The Morgan fingerprint density at radius 1 is 1.32 bits per heavy atom. The van der Waals surface area contributed by atoms with Crippen molar-refractivity contribution in [3.05, 3.63) is 41.8 Å². The fraction of sp³-hybridized carbons (Fsp3) is 0.267. The van der Waals surface area contributed by atoms with Crippen LogP contribution in [0.4, 0.5) is 5.69 Å². The molecule has 0 radical (unpaired) electrons. The first kappa shape index (κ1) is 13.6. The van der Waals surface area contributed by atoms with Gasteiger partial charge in [0.15, 0.2) is 0 Å². The van der Waals surface area contributed by atoms with Crippen LogP contribution < -0.4 is 5.32 Å². The van der Waals surface area contributed by atoms with Gasteiger partial charge in [-0.1, -0.05) is 31.2 Å². The third-order valence-electron chi connectivity index (χ3n) is 2.94. The number of para-hydroxylation sites is 1. The first-order valence-electron chi connectivity index (χ1n) is 6.23. The molecule has 0 fully saturated rings. The van der Waals surface area contributed by atoms with Gasteiger partial charge in [-0.15, -0.1) is 11.3 Å². The summed E-state index contributed by atoms with van der Waals surface area (Å²) in [5.41, 5.74) is 2.07. The van der Waals surface area contributed by atoms with Gasteiger partial charge in [-0.3, -0.25) is 0 Å². The second-order valence-corrected chi connectivity index (χ2v) is 5.10. The molecule has 1 aromatic carbocycles.